The molecule has 164 valence electrons. The van der Waals surface area contributed by atoms with Crippen LogP contribution in [0.25, 0.3) is 0 Å². The number of aryl methyl sites for hydroxylation is 2. The lowest BCUT2D eigenvalue weighted by Crippen LogP contribution is -2.55. The molecule has 0 saturated heterocycles. The fourth-order valence-electron chi connectivity index (χ4n) is 5.14. The van der Waals surface area contributed by atoms with Gasteiger partial charge in [-0.2, -0.15) is 0 Å². The van der Waals surface area contributed by atoms with Crippen LogP contribution in [-0.2, 0) is 15.6 Å². The molecule has 1 unspecified atom stereocenters. The first-order valence-electron chi connectivity index (χ1n) is 10.7. The van der Waals surface area contributed by atoms with Gasteiger partial charge in [0.05, 0.1) is 0 Å². The Morgan fingerprint density at radius 2 is 1.42 bits per heavy atom. The Morgan fingerprint density at radius 1 is 0.903 bits per heavy atom. The molecule has 2 heterocycles. The van der Waals surface area contributed by atoms with E-state index in [-0.39, 0.29) is 16.8 Å². The molecule has 1 spiro atoms. The number of rotatable bonds is 2. The van der Waals surface area contributed by atoms with Crippen LogP contribution in [0.5, 0.6) is 17.2 Å². The quantitative estimate of drug-likeness (QED) is 0.360. The van der Waals surface area contributed by atoms with Crippen molar-refractivity contribution in [1.82, 2.24) is 0 Å². The number of fused-ring (bicyclic) bond motifs is 2. The zero-order valence-electron chi connectivity index (χ0n) is 19.3. The summed E-state index contributed by atoms with van der Waals surface area (Å²) in [5, 5.41) is 0. The van der Waals surface area contributed by atoms with Crippen LogP contribution in [0.15, 0.2) is 24.3 Å². The molecule has 5 heteroatoms. The molecule has 0 aromatic heterocycles. The first kappa shape index (κ1) is 21.4. The van der Waals surface area contributed by atoms with Crippen LogP contribution in [0.3, 0.4) is 0 Å². The smallest absolute Gasteiger partial charge is 0.308 e. The predicted molar refractivity (Wildman–Crippen MR) is 118 cm³/mol. The summed E-state index contributed by atoms with van der Waals surface area (Å²) in [6.07, 6.45) is 2.20. The number of aldehydes is 1. The fraction of sp³-hybridized carbons (Fsp3) is 0.462. The summed E-state index contributed by atoms with van der Waals surface area (Å²) >= 11 is 0. The van der Waals surface area contributed by atoms with E-state index in [0.29, 0.717) is 24.2 Å². The van der Waals surface area contributed by atoms with E-state index >= 15 is 0 Å². The van der Waals surface area contributed by atoms with Gasteiger partial charge in [0.2, 0.25) is 0 Å². The van der Waals surface area contributed by atoms with Gasteiger partial charge in [-0.05, 0) is 49.2 Å². The summed E-state index contributed by atoms with van der Waals surface area (Å²) in [5.41, 5.74) is 3.94. The summed E-state index contributed by atoms with van der Waals surface area (Å²) in [6.45, 7) is 13.9. The molecule has 31 heavy (non-hydrogen) atoms. The average Bonchev–Trinajstić information content (AvgIpc) is 2.60. The largest absolute Gasteiger partial charge is 0.452 e. The minimum Gasteiger partial charge on any atom is -0.452 e. The normalized spacial score (nSPS) is 22.5. The van der Waals surface area contributed by atoms with Gasteiger partial charge in [0, 0.05) is 47.3 Å². The third-order valence-corrected chi connectivity index (χ3v) is 6.50. The van der Waals surface area contributed by atoms with E-state index in [9.17, 15) is 9.59 Å². The number of hydrogen-bond acceptors (Lipinski definition) is 5. The van der Waals surface area contributed by atoms with E-state index in [2.05, 4.69) is 27.7 Å². The highest BCUT2D eigenvalue weighted by atomic mass is 16.7. The maximum Gasteiger partial charge on any atom is 0.308 e. The highest BCUT2D eigenvalue weighted by Crippen LogP contribution is 2.54. The summed E-state index contributed by atoms with van der Waals surface area (Å²) in [6, 6.07) is 7.74. The first-order chi connectivity index (χ1) is 14.4. The van der Waals surface area contributed by atoms with Gasteiger partial charge in [-0.15, -0.1) is 0 Å². The summed E-state index contributed by atoms with van der Waals surface area (Å²) in [7, 11) is 0. The van der Waals surface area contributed by atoms with Gasteiger partial charge in [-0.25, -0.2) is 0 Å². The van der Waals surface area contributed by atoms with E-state index in [1.807, 2.05) is 38.1 Å². The van der Waals surface area contributed by atoms with E-state index in [0.717, 1.165) is 40.0 Å². The highest BCUT2D eigenvalue weighted by Gasteiger charge is 2.53. The fourth-order valence-corrected chi connectivity index (χ4v) is 5.14. The van der Waals surface area contributed by atoms with Crippen molar-refractivity contribution in [3.63, 3.8) is 0 Å². The van der Waals surface area contributed by atoms with Crippen molar-refractivity contribution < 1.29 is 23.8 Å². The molecule has 5 nitrogen and oxygen atoms in total. The minimum absolute atomic E-state index is 0.237. The third kappa shape index (κ3) is 3.60. The predicted octanol–water partition coefficient (Wildman–Crippen LogP) is 5.56. The second kappa shape index (κ2) is 6.84. The van der Waals surface area contributed by atoms with Crippen LogP contribution in [0.4, 0.5) is 0 Å². The number of carbonyl (C=O) groups excluding carboxylic acids is 2. The number of hydrogen-bond donors (Lipinski definition) is 0. The van der Waals surface area contributed by atoms with Crippen molar-refractivity contribution in [1.29, 1.82) is 0 Å². The number of carbonyl (C=O) groups is 2. The summed E-state index contributed by atoms with van der Waals surface area (Å²) in [4.78, 5) is 23.0. The molecule has 1 atom stereocenters. The zero-order chi connectivity index (χ0) is 22.8. The molecule has 0 N–H and O–H groups in total. The Balaban J connectivity index is 1.80. The Bertz CT molecular complexity index is 1100. The van der Waals surface area contributed by atoms with Gasteiger partial charge >= 0.3 is 5.97 Å². The molecule has 0 fully saturated rings. The van der Waals surface area contributed by atoms with Gasteiger partial charge < -0.3 is 14.2 Å². The molecule has 0 bridgehead atoms. The molecule has 0 radical (unpaired) electrons. The Hall–Kier alpha value is -2.82. The topological polar surface area (TPSA) is 61.8 Å². The Labute approximate surface area is 183 Å². The maximum absolute atomic E-state index is 11.5. The third-order valence-electron chi connectivity index (χ3n) is 6.50. The number of benzene rings is 2. The van der Waals surface area contributed by atoms with Crippen LogP contribution in [0.1, 0.15) is 80.1 Å². The van der Waals surface area contributed by atoms with Crippen molar-refractivity contribution in [3.05, 3.63) is 52.1 Å². The van der Waals surface area contributed by atoms with Crippen molar-refractivity contribution in [2.24, 2.45) is 0 Å². The van der Waals surface area contributed by atoms with E-state index in [4.69, 9.17) is 14.2 Å². The van der Waals surface area contributed by atoms with Crippen LogP contribution in [-0.4, -0.2) is 18.0 Å². The Kier molecular flexibility index (Phi) is 4.73. The molecule has 0 saturated carbocycles. The van der Waals surface area contributed by atoms with Gasteiger partial charge in [0.1, 0.15) is 23.5 Å². The maximum atomic E-state index is 11.5. The molecule has 4 rings (SSSR count). The zero-order valence-corrected chi connectivity index (χ0v) is 19.3. The molecule has 2 aromatic rings. The van der Waals surface area contributed by atoms with Gasteiger partial charge in [0.25, 0.3) is 5.79 Å². The standard InChI is InChI=1S/C26H30O5/c1-15-8-22-19(10-18(15)12-27)24(4,5)13-26(30-22)14-25(6,7)20-11-21(29-17(3)28)16(2)9-23(20)31-26/h8-12H,13-14H2,1-7H3. The minimum atomic E-state index is -0.822. The van der Waals surface area contributed by atoms with Crippen molar-refractivity contribution >= 4 is 12.3 Å². The van der Waals surface area contributed by atoms with Gasteiger partial charge in [-0.1, -0.05) is 27.7 Å². The van der Waals surface area contributed by atoms with Crippen LogP contribution in [0, 0.1) is 13.8 Å². The molecule has 2 aromatic carbocycles. The summed E-state index contributed by atoms with van der Waals surface area (Å²) < 4.78 is 18.6. The lowest BCUT2D eigenvalue weighted by atomic mass is 9.69. The molecule has 2 aliphatic rings. The first-order valence-corrected chi connectivity index (χ1v) is 10.7. The van der Waals surface area contributed by atoms with Crippen molar-refractivity contribution in [2.75, 3.05) is 0 Å². The molecule has 0 aliphatic carbocycles. The van der Waals surface area contributed by atoms with E-state index in [1.165, 1.54) is 6.92 Å². The van der Waals surface area contributed by atoms with Crippen LogP contribution >= 0.6 is 0 Å². The van der Waals surface area contributed by atoms with E-state index in [1.54, 1.807) is 0 Å². The SMILES string of the molecule is CC(=O)Oc1cc2c(cc1C)OC1(CC(C)(C)c3cc(C=O)c(C)cc3O1)CC2(C)C. The van der Waals surface area contributed by atoms with Gasteiger partial charge in [0.15, 0.2) is 0 Å². The molecular weight excluding hydrogens is 392 g/mol. The van der Waals surface area contributed by atoms with Gasteiger partial charge in [-0.3, -0.25) is 9.59 Å². The summed E-state index contributed by atoms with van der Waals surface area (Å²) in [5.74, 6) is 0.925. The highest BCUT2D eigenvalue weighted by molar-refractivity contribution is 5.78. The number of esters is 1. The lowest BCUT2D eigenvalue weighted by molar-refractivity contribution is -0.166. The second-order valence-electron chi connectivity index (χ2n) is 10.3. The Morgan fingerprint density at radius 3 is 1.94 bits per heavy atom. The van der Waals surface area contributed by atoms with Crippen LogP contribution < -0.4 is 14.2 Å². The number of ether oxygens (including phenoxy) is 3. The molecular formula is C26H30O5. The van der Waals surface area contributed by atoms with E-state index < -0.39 is 5.79 Å². The average molecular weight is 423 g/mol. The van der Waals surface area contributed by atoms with Crippen molar-refractivity contribution in [3.8, 4) is 17.2 Å². The monoisotopic (exact) mass is 422 g/mol. The van der Waals surface area contributed by atoms with Crippen molar-refractivity contribution in [2.45, 2.75) is 77.9 Å². The second-order valence-corrected chi connectivity index (χ2v) is 10.3. The molecule has 2 aliphatic heterocycles. The molecule has 0 amide bonds. The van der Waals surface area contributed by atoms with Crippen LogP contribution in [0.2, 0.25) is 0 Å². The lowest BCUT2D eigenvalue weighted by Gasteiger charge is -2.51.